The molecule has 0 spiro atoms. The molecule has 0 unspecified atom stereocenters. The van der Waals surface area contributed by atoms with Crippen LogP contribution in [0.5, 0.6) is 0 Å². The second-order valence-electron chi connectivity index (χ2n) is 4.41. The number of hydrogen-bond acceptors (Lipinski definition) is 4. The van der Waals surface area contributed by atoms with E-state index in [9.17, 15) is 4.79 Å². The van der Waals surface area contributed by atoms with Crippen molar-refractivity contribution < 1.29 is 4.79 Å². The van der Waals surface area contributed by atoms with E-state index >= 15 is 0 Å². The monoisotopic (exact) mass is 270 g/mol. The lowest BCUT2D eigenvalue weighted by Gasteiger charge is -2.04. The van der Waals surface area contributed by atoms with Crippen LogP contribution in [0.25, 0.3) is 5.52 Å². The molecule has 0 aliphatic heterocycles. The third-order valence-electron chi connectivity index (χ3n) is 3.19. The number of fused-ring (bicyclic) bond motifs is 1. The molecule has 0 aliphatic carbocycles. The zero-order chi connectivity index (χ0) is 13.9. The van der Waals surface area contributed by atoms with Crippen LogP contribution in [0.3, 0.4) is 0 Å². The molecule has 7 heteroatoms. The van der Waals surface area contributed by atoms with Crippen LogP contribution < -0.4 is 5.32 Å². The number of H-pyrrole nitrogens is 1. The minimum absolute atomic E-state index is 0.152. The van der Waals surface area contributed by atoms with Crippen molar-refractivity contribution in [3.05, 3.63) is 47.5 Å². The Morgan fingerprint density at radius 2 is 2.25 bits per heavy atom. The van der Waals surface area contributed by atoms with E-state index in [1.807, 2.05) is 22.9 Å². The van der Waals surface area contributed by atoms with Crippen molar-refractivity contribution >= 4 is 11.4 Å². The minimum Gasteiger partial charge on any atom is -0.345 e. The molecule has 0 atom stereocenters. The number of nitrogens with zero attached hydrogens (tertiary/aromatic N) is 4. The molecule has 0 saturated carbocycles. The van der Waals surface area contributed by atoms with Gasteiger partial charge in [-0.25, -0.2) is 0 Å². The molecule has 0 radical (unpaired) electrons. The molecular weight excluding hydrogens is 256 g/mol. The highest BCUT2D eigenvalue weighted by molar-refractivity contribution is 5.95. The lowest BCUT2D eigenvalue weighted by Crippen LogP contribution is -2.23. The van der Waals surface area contributed by atoms with Gasteiger partial charge >= 0.3 is 0 Å². The average Bonchev–Trinajstić information content (AvgIpc) is 3.13. The molecule has 3 heterocycles. The molecular formula is C13H14N6O. The number of tetrazole rings is 1. The molecule has 3 aromatic heterocycles. The number of aromatic amines is 1. The van der Waals surface area contributed by atoms with Gasteiger partial charge < -0.3 is 9.72 Å². The number of aryl methyl sites for hydroxylation is 1. The SMILES string of the molecule is CCc1ccn2ccc(C(=O)NCc3nn[nH]n3)cc12. The fraction of sp³-hybridized carbons (Fsp3) is 0.231. The summed E-state index contributed by atoms with van der Waals surface area (Å²) in [4.78, 5) is 12.1. The topological polar surface area (TPSA) is 88.0 Å². The van der Waals surface area contributed by atoms with Crippen LogP contribution >= 0.6 is 0 Å². The van der Waals surface area contributed by atoms with Crippen LogP contribution in [0, 0.1) is 0 Å². The Morgan fingerprint density at radius 3 is 3.00 bits per heavy atom. The Morgan fingerprint density at radius 1 is 1.40 bits per heavy atom. The second kappa shape index (κ2) is 5.12. The lowest BCUT2D eigenvalue weighted by molar-refractivity contribution is 0.0950. The van der Waals surface area contributed by atoms with Gasteiger partial charge in [0.25, 0.3) is 5.91 Å². The van der Waals surface area contributed by atoms with Gasteiger partial charge in [-0.1, -0.05) is 12.1 Å². The molecule has 20 heavy (non-hydrogen) atoms. The van der Waals surface area contributed by atoms with E-state index in [4.69, 9.17) is 0 Å². The number of nitrogens with one attached hydrogen (secondary N) is 2. The molecule has 3 aromatic rings. The molecule has 0 saturated heterocycles. The molecule has 1 amide bonds. The van der Waals surface area contributed by atoms with Crippen molar-refractivity contribution in [1.82, 2.24) is 30.3 Å². The molecule has 0 bridgehead atoms. The summed E-state index contributed by atoms with van der Waals surface area (Å²) in [6, 6.07) is 5.75. The first-order valence-electron chi connectivity index (χ1n) is 6.38. The lowest BCUT2D eigenvalue weighted by atomic mass is 10.1. The molecule has 102 valence electrons. The Kier molecular flexibility index (Phi) is 3.16. The van der Waals surface area contributed by atoms with Crippen LogP contribution in [-0.4, -0.2) is 30.9 Å². The van der Waals surface area contributed by atoms with Gasteiger partial charge in [0.05, 0.1) is 6.54 Å². The summed E-state index contributed by atoms with van der Waals surface area (Å²) in [7, 11) is 0. The Labute approximate surface area is 115 Å². The van der Waals surface area contributed by atoms with Crippen molar-refractivity contribution in [1.29, 1.82) is 0 Å². The highest BCUT2D eigenvalue weighted by atomic mass is 16.1. The maximum atomic E-state index is 12.1. The fourth-order valence-electron chi connectivity index (χ4n) is 2.11. The van der Waals surface area contributed by atoms with E-state index in [1.54, 1.807) is 6.07 Å². The summed E-state index contributed by atoms with van der Waals surface area (Å²) in [5.41, 5.74) is 2.90. The van der Waals surface area contributed by atoms with E-state index in [1.165, 1.54) is 5.56 Å². The molecule has 0 fully saturated rings. The van der Waals surface area contributed by atoms with E-state index in [-0.39, 0.29) is 12.5 Å². The van der Waals surface area contributed by atoms with E-state index in [0.717, 1.165) is 11.9 Å². The van der Waals surface area contributed by atoms with Crippen molar-refractivity contribution in [2.45, 2.75) is 19.9 Å². The maximum absolute atomic E-state index is 12.1. The average molecular weight is 270 g/mol. The number of aromatic nitrogens is 5. The van der Waals surface area contributed by atoms with Crippen LogP contribution in [-0.2, 0) is 13.0 Å². The third-order valence-corrected chi connectivity index (χ3v) is 3.19. The van der Waals surface area contributed by atoms with Gasteiger partial charge in [0.2, 0.25) is 0 Å². The highest BCUT2D eigenvalue weighted by Gasteiger charge is 2.09. The maximum Gasteiger partial charge on any atom is 0.251 e. The van der Waals surface area contributed by atoms with Crippen molar-refractivity contribution in [3.8, 4) is 0 Å². The first kappa shape index (κ1) is 12.3. The van der Waals surface area contributed by atoms with Gasteiger partial charge in [-0.05, 0) is 30.2 Å². The Bertz CT molecular complexity index is 730. The highest BCUT2D eigenvalue weighted by Crippen LogP contribution is 2.15. The molecule has 7 nitrogen and oxygen atoms in total. The van der Waals surface area contributed by atoms with Gasteiger partial charge in [0.15, 0.2) is 5.82 Å². The van der Waals surface area contributed by atoms with Gasteiger partial charge in [0.1, 0.15) is 0 Å². The van der Waals surface area contributed by atoms with Gasteiger partial charge in [-0.15, -0.1) is 10.2 Å². The summed E-state index contributed by atoms with van der Waals surface area (Å²) in [6.07, 6.45) is 4.82. The van der Waals surface area contributed by atoms with Crippen LogP contribution in [0.4, 0.5) is 0 Å². The summed E-state index contributed by atoms with van der Waals surface area (Å²) < 4.78 is 2.01. The van der Waals surface area contributed by atoms with E-state index in [0.29, 0.717) is 11.4 Å². The number of carbonyl (C=O) groups excluding carboxylic acids is 1. The molecule has 3 rings (SSSR count). The van der Waals surface area contributed by atoms with Gasteiger partial charge in [0, 0.05) is 23.5 Å². The first-order chi connectivity index (χ1) is 9.78. The van der Waals surface area contributed by atoms with Gasteiger partial charge in [-0.2, -0.15) is 5.21 Å². The van der Waals surface area contributed by atoms with E-state index < -0.39 is 0 Å². The quantitative estimate of drug-likeness (QED) is 0.738. The summed E-state index contributed by atoms with van der Waals surface area (Å²) in [6.45, 7) is 2.35. The first-order valence-corrected chi connectivity index (χ1v) is 6.38. The third kappa shape index (κ3) is 2.25. The number of amides is 1. The summed E-state index contributed by atoms with van der Waals surface area (Å²) >= 11 is 0. The second-order valence-corrected chi connectivity index (χ2v) is 4.41. The van der Waals surface area contributed by atoms with Crippen molar-refractivity contribution in [2.24, 2.45) is 0 Å². The zero-order valence-corrected chi connectivity index (χ0v) is 11.0. The minimum atomic E-state index is -0.152. The Hall–Kier alpha value is -2.70. The number of pyridine rings is 1. The number of carbonyl (C=O) groups is 1. The molecule has 2 N–H and O–H groups in total. The van der Waals surface area contributed by atoms with Crippen molar-refractivity contribution in [3.63, 3.8) is 0 Å². The van der Waals surface area contributed by atoms with Crippen LogP contribution in [0.1, 0.15) is 28.7 Å². The smallest absolute Gasteiger partial charge is 0.251 e. The van der Waals surface area contributed by atoms with Crippen LogP contribution in [0.15, 0.2) is 30.6 Å². The normalized spacial score (nSPS) is 10.8. The number of rotatable bonds is 4. The largest absolute Gasteiger partial charge is 0.345 e. The van der Waals surface area contributed by atoms with E-state index in [2.05, 4.69) is 38.9 Å². The van der Waals surface area contributed by atoms with Crippen molar-refractivity contribution in [2.75, 3.05) is 0 Å². The predicted octanol–water partition coefficient (Wildman–Crippen LogP) is 0.945. The number of hydrogen-bond donors (Lipinski definition) is 2. The predicted molar refractivity (Wildman–Crippen MR) is 72.1 cm³/mol. The molecule has 0 aliphatic rings. The summed E-state index contributed by atoms with van der Waals surface area (Å²) in [5.74, 6) is 0.303. The zero-order valence-electron chi connectivity index (χ0n) is 11.0. The standard InChI is InChI=1S/C13H14N6O/c1-2-9-3-5-19-6-4-10(7-11(9)19)13(20)14-8-12-15-17-18-16-12/h3-7H,2,8H2,1H3,(H,14,20)(H,15,16,17,18). The van der Waals surface area contributed by atoms with Gasteiger partial charge in [-0.3, -0.25) is 4.79 Å². The van der Waals surface area contributed by atoms with Crippen LogP contribution in [0.2, 0.25) is 0 Å². The fourth-order valence-corrected chi connectivity index (χ4v) is 2.11. The Balaban J connectivity index is 1.80. The molecule has 0 aromatic carbocycles. The summed E-state index contributed by atoms with van der Waals surface area (Å²) in [5, 5.41) is 16.1.